The molecular formula is C13H13N3O3. The van der Waals surface area contributed by atoms with Gasteiger partial charge in [0, 0.05) is 18.1 Å². The Labute approximate surface area is 110 Å². The molecule has 1 heterocycles. The Morgan fingerprint density at radius 2 is 2.05 bits per heavy atom. The number of hydrogen-bond acceptors (Lipinski definition) is 6. The lowest BCUT2D eigenvalue weighted by atomic mass is 10.2. The molecule has 0 fully saturated rings. The summed E-state index contributed by atoms with van der Waals surface area (Å²) in [4.78, 5) is 19.8. The molecule has 0 aliphatic heterocycles. The van der Waals surface area contributed by atoms with Crippen molar-refractivity contribution in [2.75, 3.05) is 12.8 Å². The van der Waals surface area contributed by atoms with Crippen LogP contribution in [0.5, 0.6) is 5.75 Å². The molecule has 6 nitrogen and oxygen atoms in total. The molecule has 1 aromatic heterocycles. The van der Waals surface area contributed by atoms with Gasteiger partial charge in [-0.15, -0.1) is 0 Å². The number of nitrogens with two attached hydrogens (primary N) is 1. The van der Waals surface area contributed by atoms with Crippen molar-refractivity contribution in [1.29, 1.82) is 0 Å². The van der Waals surface area contributed by atoms with Gasteiger partial charge in [-0.3, -0.25) is 0 Å². The van der Waals surface area contributed by atoms with Crippen LogP contribution in [0, 0.1) is 0 Å². The molecule has 2 aromatic rings. The van der Waals surface area contributed by atoms with Crippen molar-refractivity contribution >= 4 is 11.7 Å². The molecule has 0 spiro atoms. The molecule has 0 atom stereocenters. The molecule has 6 heteroatoms. The van der Waals surface area contributed by atoms with Gasteiger partial charge in [-0.2, -0.15) is 0 Å². The van der Waals surface area contributed by atoms with Crippen molar-refractivity contribution in [3.8, 4) is 5.75 Å². The Morgan fingerprint density at radius 3 is 2.74 bits per heavy atom. The number of methoxy groups -OCH3 is 1. The number of ether oxygens (including phenoxy) is 2. The van der Waals surface area contributed by atoms with Crippen molar-refractivity contribution in [2.45, 2.75) is 6.61 Å². The average molecular weight is 259 g/mol. The van der Waals surface area contributed by atoms with E-state index in [-0.39, 0.29) is 12.2 Å². The standard InChI is InChI=1S/C13H13N3O3/c1-18-9-3-4-11(14)10(7-9)13(17)19-8-12-15-5-2-6-16-12/h2-7H,8,14H2,1H3. The minimum absolute atomic E-state index is 0.00365. The van der Waals surface area contributed by atoms with Gasteiger partial charge >= 0.3 is 5.97 Å². The Hall–Kier alpha value is -2.63. The molecule has 1 aromatic carbocycles. The van der Waals surface area contributed by atoms with Crippen LogP contribution in [-0.2, 0) is 11.3 Å². The maximum atomic E-state index is 11.9. The highest BCUT2D eigenvalue weighted by Crippen LogP contribution is 2.20. The van der Waals surface area contributed by atoms with E-state index in [0.717, 1.165) is 0 Å². The number of rotatable bonds is 4. The summed E-state index contributed by atoms with van der Waals surface area (Å²) in [5.41, 5.74) is 6.32. The number of anilines is 1. The first-order valence-electron chi connectivity index (χ1n) is 5.57. The van der Waals surface area contributed by atoms with Gasteiger partial charge in [-0.25, -0.2) is 14.8 Å². The van der Waals surface area contributed by atoms with E-state index in [1.54, 1.807) is 30.6 Å². The van der Waals surface area contributed by atoms with E-state index < -0.39 is 5.97 Å². The third kappa shape index (κ3) is 3.19. The van der Waals surface area contributed by atoms with E-state index in [9.17, 15) is 4.79 Å². The van der Waals surface area contributed by atoms with E-state index >= 15 is 0 Å². The Kier molecular flexibility index (Phi) is 3.92. The Balaban J connectivity index is 2.08. The molecule has 0 radical (unpaired) electrons. The molecule has 0 aliphatic carbocycles. The Bertz CT molecular complexity index is 573. The van der Waals surface area contributed by atoms with Crippen LogP contribution in [0.3, 0.4) is 0 Å². The second kappa shape index (κ2) is 5.81. The zero-order valence-electron chi connectivity index (χ0n) is 10.4. The lowest BCUT2D eigenvalue weighted by Gasteiger charge is -2.08. The van der Waals surface area contributed by atoms with Gasteiger partial charge in [0.25, 0.3) is 0 Å². The highest BCUT2D eigenvalue weighted by atomic mass is 16.5. The largest absolute Gasteiger partial charge is 0.497 e. The lowest BCUT2D eigenvalue weighted by Crippen LogP contribution is -2.09. The third-order valence-electron chi connectivity index (χ3n) is 2.43. The summed E-state index contributed by atoms with van der Waals surface area (Å²) in [5.74, 6) is 0.429. The van der Waals surface area contributed by atoms with Gasteiger partial charge < -0.3 is 15.2 Å². The highest BCUT2D eigenvalue weighted by Gasteiger charge is 2.13. The number of carbonyl (C=O) groups is 1. The second-order valence-electron chi connectivity index (χ2n) is 3.69. The maximum absolute atomic E-state index is 11.9. The minimum atomic E-state index is -0.538. The van der Waals surface area contributed by atoms with Crippen LogP contribution in [-0.4, -0.2) is 23.0 Å². The normalized spacial score (nSPS) is 9.95. The van der Waals surface area contributed by atoms with Crippen molar-refractivity contribution in [3.05, 3.63) is 48.0 Å². The topological polar surface area (TPSA) is 87.3 Å². The van der Waals surface area contributed by atoms with Crippen molar-refractivity contribution in [3.63, 3.8) is 0 Å². The second-order valence-corrected chi connectivity index (χ2v) is 3.69. The molecule has 0 bridgehead atoms. The number of nitrogens with zero attached hydrogens (tertiary/aromatic N) is 2. The molecule has 0 amide bonds. The van der Waals surface area contributed by atoms with Crippen molar-refractivity contribution in [2.24, 2.45) is 0 Å². The molecule has 0 aliphatic rings. The number of aromatic nitrogens is 2. The minimum Gasteiger partial charge on any atom is -0.497 e. The fourth-order valence-corrected chi connectivity index (χ4v) is 1.45. The van der Waals surface area contributed by atoms with E-state index in [0.29, 0.717) is 17.3 Å². The summed E-state index contributed by atoms with van der Waals surface area (Å²) in [7, 11) is 1.51. The molecule has 19 heavy (non-hydrogen) atoms. The summed E-state index contributed by atoms with van der Waals surface area (Å²) >= 11 is 0. The van der Waals surface area contributed by atoms with E-state index in [1.807, 2.05) is 0 Å². The number of benzene rings is 1. The van der Waals surface area contributed by atoms with Crippen LogP contribution in [0.2, 0.25) is 0 Å². The van der Waals surface area contributed by atoms with E-state index in [1.165, 1.54) is 13.2 Å². The van der Waals surface area contributed by atoms with Crippen molar-refractivity contribution in [1.82, 2.24) is 9.97 Å². The fraction of sp³-hybridized carbons (Fsp3) is 0.154. The molecule has 98 valence electrons. The van der Waals surface area contributed by atoms with E-state index in [2.05, 4.69) is 9.97 Å². The van der Waals surface area contributed by atoms with Crippen molar-refractivity contribution < 1.29 is 14.3 Å². The summed E-state index contributed by atoms with van der Waals surface area (Å²) < 4.78 is 10.1. The summed E-state index contributed by atoms with van der Waals surface area (Å²) in [6.45, 7) is -0.00365. The summed E-state index contributed by atoms with van der Waals surface area (Å²) in [6, 6.07) is 6.48. The predicted octanol–water partition coefficient (Wildman–Crippen LogP) is 1.42. The number of carbonyl (C=O) groups excluding carboxylic acids is 1. The third-order valence-corrected chi connectivity index (χ3v) is 2.43. The highest BCUT2D eigenvalue weighted by molar-refractivity contribution is 5.95. The zero-order valence-corrected chi connectivity index (χ0v) is 10.4. The lowest BCUT2D eigenvalue weighted by molar-refractivity contribution is 0.0463. The van der Waals surface area contributed by atoms with Crippen LogP contribution >= 0.6 is 0 Å². The maximum Gasteiger partial charge on any atom is 0.340 e. The number of esters is 1. The summed E-state index contributed by atoms with van der Waals surface area (Å²) in [6.07, 6.45) is 3.16. The molecule has 0 saturated carbocycles. The average Bonchev–Trinajstić information content (AvgIpc) is 2.46. The predicted molar refractivity (Wildman–Crippen MR) is 68.6 cm³/mol. The first-order chi connectivity index (χ1) is 9.20. The molecule has 2 rings (SSSR count). The van der Waals surface area contributed by atoms with Gasteiger partial charge in [-0.1, -0.05) is 0 Å². The number of hydrogen-bond donors (Lipinski definition) is 1. The molecular weight excluding hydrogens is 246 g/mol. The number of nitrogen functional groups attached to an aromatic ring is 1. The molecule has 2 N–H and O–H groups in total. The zero-order chi connectivity index (χ0) is 13.7. The van der Waals surface area contributed by atoms with Gasteiger partial charge in [0.2, 0.25) is 0 Å². The Morgan fingerprint density at radius 1 is 1.32 bits per heavy atom. The molecule has 0 saturated heterocycles. The van der Waals surface area contributed by atoms with Crippen LogP contribution < -0.4 is 10.5 Å². The smallest absolute Gasteiger partial charge is 0.340 e. The summed E-state index contributed by atoms with van der Waals surface area (Å²) in [5, 5.41) is 0. The fourth-order valence-electron chi connectivity index (χ4n) is 1.45. The quantitative estimate of drug-likeness (QED) is 0.660. The van der Waals surface area contributed by atoms with Crippen LogP contribution in [0.4, 0.5) is 5.69 Å². The van der Waals surface area contributed by atoms with E-state index in [4.69, 9.17) is 15.2 Å². The van der Waals surface area contributed by atoms with Crippen LogP contribution in [0.25, 0.3) is 0 Å². The molecule has 0 unspecified atom stereocenters. The first-order valence-corrected chi connectivity index (χ1v) is 5.57. The van der Waals surface area contributed by atoms with Gasteiger partial charge in [0.05, 0.1) is 12.7 Å². The SMILES string of the molecule is COc1ccc(N)c(C(=O)OCc2ncccn2)c1. The van der Waals surface area contributed by atoms with Gasteiger partial charge in [0.15, 0.2) is 12.4 Å². The van der Waals surface area contributed by atoms with Gasteiger partial charge in [-0.05, 0) is 24.3 Å². The van der Waals surface area contributed by atoms with Crippen LogP contribution in [0.1, 0.15) is 16.2 Å². The van der Waals surface area contributed by atoms with Gasteiger partial charge in [0.1, 0.15) is 5.75 Å². The van der Waals surface area contributed by atoms with Crippen LogP contribution in [0.15, 0.2) is 36.7 Å². The monoisotopic (exact) mass is 259 g/mol. The first kappa shape index (κ1) is 12.8.